The van der Waals surface area contributed by atoms with Crippen LogP contribution in [0.1, 0.15) is 30.1 Å². The molecule has 126 valence electrons. The summed E-state index contributed by atoms with van der Waals surface area (Å²) in [6, 6.07) is 18.9. The van der Waals surface area contributed by atoms with Gasteiger partial charge in [-0.3, -0.25) is 0 Å². The molecule has 1 aliphatic heterocycles. The Bertz CT molecular complexity index is 648. The summed E-state index contributed by atoms with van der Waals surface area (Å²) >= 11 is 0. The zero-order chi connectivity index (χ0) is 16.2. The van der Waals surface area contributed by atoms with Gasteiger partial charge in [0, 0.05) is 13.1 Å². The number of ether oxygens (including phenoxy) is 2. The lowest BCUT2D eigenvalue weighted by atomic mass is 10.0. The van der Waals surface area contributed by atoms with Gasteiger partial charge in [-0.1, -0.05) is 48.5 Å². The van der Waals surface area contributed by atoms with Crippen molar-refractivity contribution in [2.75, 3.05) is 19.7 Å². The molecule has 1 heterocycles. The molecule has 2 fully saturated rings. The topological polar surface area (TPSA) is 30.5 Å². The molecule has 2 aromatic carbocycles. The Hall–Kier alpha value is -1.84. The Morgan fingerprint density at radius 3 is 2.58 bits per heavy atom. The van der Waals surface area contributed by atoms with E-state index in [2.05, 4.69) is 53.8 Å². The first kappa shape index (κ1) is 15.7. The van der Waals surface area contributed by atoms with E-state index in [-0.39, 0.29) is 12.2 Å². The molecule has 0 spiro atoms. The standard InChI is InChI=1S/C21H25NO2/c1-2-6-17(7-3-1)21(20-15-22-12-13-23-20)24-19-9-5-4-8-18(19)14-16-10-11-16/h1-9,16,20-22H,10-15H2/t20?,21-/m0/s1. The molecule has 3 nitrogen and oxygen atoms in total. The molecule has 4 rings (SSSR count). The van der Waals surface area contributed by atoms with E-state index in [4.69, 9.17) is 9.47 Å². The van der Waals surface area contributed by atoms with Gasteiger partial charge >= 0.3 is 0 Å². The molecule has 2 aliphatic rings. The minimum atomic E-state index is -0.0839. The van der Waals surface area contributed by atoms with Crippen LogP contribution >= 0.6 is 0 Å². The number of hydrogen-bond acceptors (Lipinski definition) is 3. The van der Waals surface area contributed by atoms with Gasteiger partial charge in [0.1, 0.15) is 11.9 Å². The maximum atomic E-state index is 6.53. The highest BCUT2D eigenvalue weighted by atomic mass is 16.5. The van der Waals surface area contributed by atoms with Crippen LogP contribution in [0.25, 0.3) is 0 Å². The third-order valence-corrected chi connectivity index (χ3v) is 4.85. The predicted molar refractivity (Wildman–Crippen MR) is 95.3 cm³/mol. The van der Waals surface area contributed by atoms with Crippen LogP contribution in [0.3, 0.4) is 0 Å². The zero-order valence-corrected chi connectivity index (χ0v) is 14.0. The highest BCUT2D eigenvalue weighted by Crippen LogP contribution is 2.37. The van der Waals surface area contributed by atoms with Crippen LogP contribution in [0.5, 0.6) is 5.75 Å². The summed E-state index contributed by atoms with van der Waals surface area (Å²) in [5.41, 5.74) is 2.50. The number of morpholine rings is 1. The zero-order valence-electron chi connectivity index (χ0n) is 14.0. The van der Waals surface area contributed by atoms with Crippen molar-refractivity contribution in [3.8, 4) is 5.75 Å². The molecule has 1 saturated heterocycles. The number of rotatable bonds is 6. The van der Waals surface area contributed by atoms with Crippen LogP contribution in [0, 0.1) is 5.92 Å². The summed E-state index contributed by atoms with van der Waals surface area (Å²) < 4.78 is 12.5. The van der Waals surface area contributed by atoms with Gasteiger partial charge in [-0.25, -0.2) is 0 Å². The average molecular weight is 323 g/mol. The molecule has 2 aromatic rings. The van der Waals surface area contributed by atoms with E-state index in [1.54, 1.807) is 0 Å². The van der Waals surface area contributed by atoms with E-state index in [1.807, 2.05) is 6.07 Å². The first-order valence-corrected chi connectivity index (χ1v) is 9.02. The van der Waals surface area contributed by atoms with Gasteiger partial charge in [0.25, 0.3) is 0 Å². The second-order valence-electron chi connectivity index (χ2n) is 6.82. The molecule has 24 heavy (non-hydrogen) atoms. The number of benzene rings is 2. The van der Waals surface area contributed by atoms with Crippen molar-refractivity contribution < 1.29 is 9.47 Å². The first-order chi connectivity index (χ1) is 11.9. The molecule has 0 amide bonds. The van der Waals surface area contributed by atoms with E-state index in [0.717, 1.165) is 37.8 Å². The lowest BCUT2D eigenvalue weighted by Gasteiger charge is -2.32. The normalized spacial score (nSPS) is 22.1. The summed E-state index contributed by atoms with van der Waals surface area (Å²) in [4.78, 5) is 0. The van der Waals surface area contributed by atoms with Gasteiger partial charge in [0.2, 0.25) is 0 Å². The smallest absolute Gasteiger partial charge is 0.151 e. The molecule has 1 unspecified atom stereocenters. The van der Waals surface area contributed by atoms with Gasteiger partial charge in [-0.05, 0) is 42.4 Å². The van der Waals surface area contributed by atoms with E-state index in [0.29, 0.717) is 0 Å². The van der Waals surface area contributed by atoms with E-state index in [1.165, 1.54) is 24.0 Å². The van der Waals surface area contributed by atoms with Crippen molar-refractivity contribution in [2.24, 2.45) is 5.92 Å². The summed E-state index contributed by atoms with van der Waals surface area (Å²) in [5, 5.41) is 3.42. The fourth-order valence-electron chi connectivity index (χ4n) is 3.34. The van der Waals surface area contributed by atoms with E-state index in [9.17, 15) is 0 Å². The second kappa shape index (κ2) is 7.37. The number of hydrogen-bond donors (Lipinski definition) is 1. The maximum Gasteiger partial charge on any atom is 0.151 e. The summed E-state index contributed by atoms with van der Waals surface area (Å²) in [6.07, 6.45) is 3.79. The fourth-order valence-corrected chi connectivity index (χ4v) is 3.34. The molecule has 0 radical (unpaired) electrons. The van der Waals surface area contributed by atoms with Crippen molar-refractivity contribution in [1.82, 2.24) is 5.32 Å². The second-order valence-corrected chi connectivity index (χ2v) is 6.82. The molecule has 3 heteroatoms. The summed E-state index contributed by atoms with van der Waals surface area (Å²) in [6.45, 7) is 2.47. The van der Waals surface area contributed by atoms with Crippen LogP contribution in [0.15, 0.2) is 54.6 Å². The fraction of sp³-hybridized carbons (Fsp3) is 0.429. The highest BCUT2D eigenvalue weighted by molar-refractivity contribution is 5.35. The summed E-state index contributed by atoms with van der Waals surface area (Å²) in [7, 11) is 0. The Kier molecular flexibility index (Phi) is 4.81. The quantitative estimate of drug-likeness (QED) is 0.878. The van der Waals surface area contributed by atoms with Crippen molar-refractivity contribution in [3.63, 3.8) is 0 Å². The van der Waals surface area contributed by atoms with Crippen molar-refractivity contribution in [3.05, 3.63) is 65.7 Å². The van der Waals surface area contributed by atoms with Gasteiger partial charge in [-0.2, -0.15) is 0 Å². The number of nitrogens with one attached hydrogen (secondary N) is 1. The minimum absolute atomic E-state index is 0.0372. The van der Waals surface area contributed by atoms with Crippen molar-refractivity contribution in [1.29, 1.82) is 0 Å². The Morgan fingerprint density at radius 2 is 1.83 bits per heavy atom. The van der Waals surface area contributed by atoms with Gasteiger partial charge in [0.05, 0.1) is 6.61 Å². The molecule has 1 saturated carbocycles. The van der Waals surface area contributed by atoms with Crippen LogP contribution < -0.4 is 10.1 Å². The van der Waals surface area contributed by atoms with Crippen LogP contribution in [-0.4, -0.2) is 25.8 Å². The van der Waals surface area contributed by atoms with Crippen molar-refractivity contribution >= 4 is 0 Å². The van der Waals surface area contributed by atoms with Crippen LogP contribution in [0.2, 0.25) is 0 Å². The molecule has 1 N–H and O–H groups in total. The van der Waals surface area contributed by atoms with Crippen LogP contribution in [-0.2, 0) is 11.2 Å². The predicted octanol–water partition coefficient (Wildman–Crippen LogP) is 3.75. The maximum absolute atomic E-state index is 6.53. The average Bonchev–Trinajstić information content (AvgIpc) is 3.46. The van der Waals surface area contributed by atoms with Gasteiger partial charge in [0.15, 0.2) is 6.10 Å². The highest BCUT2D eigenvalue weighted by Gasteiger charge is 2.29. The molecular formula is C21H25NO2. The van der Waals surface area contributed by atoms with Gasteiger partial charge in [-0.15, -0.1) is 0 Å². The number of para-hydroxylation sites is 1. The summed E-state index contributed by atoms with van der Waals surface area (Å²) in [5.74, 6) is 1.85. The lowest BCUT2D eigenvalue weighted by Crippen LogP contribution is -2.43. The lowest BCUT2D eigenvalue weighted by molar-refractivity contribution is -0.0435. The van der Waals surface area contributed by atoms with Crippen molar-refractivity contribution in [2.45, 2.75) is 31.5 Å². The van der Waals surface area contributed by atoms with E-state index >= 15 is 0 Å². The molecular weight excluding hydrogens is 298 g/mol. The third kappa shape index (κ3) is 3.80. The molecule has 2 atom stereocenters. The Labute approximate surface area is 144 Å². The monoisotopic (exact) mass is 323 g/mol. The molecule has 0 aromatic heterocycles. The minimum Gasteiger partial charge on any atom is -0.483 e. The Balaban J connectivity index is 1.59. The SMILES string of the molecule is c1ccc([C@H](Oc2ccccc2CC2CC2)C2CNCCO2)cc1. The largest absolute Gasteiger partial charge is 0.483 e. The molecule has 1 aliphatic carbocycles. The van der Waals surface area contributed by atoms with Gasteiger partial charge < -0.3 is 14.8 Å². The third-order valence-electron chi connectivity index (χ3n) is 4.85. The first-order valence-electron chi connectivity index (χ1n) is 9.02. The molecule has 0 bridgehead atoms. The van der Waals surface area contributed by atoms with E-state index < -0.39 is 0 Å². The van der Waals surface area contributed by atoms with Crippen LogP contribution in [0.4, 0.5) is 0 Å². The Morgan fingerprint density at radius 1 is 1.04 bits per heavy atom.